The van der Waals surface area contributed by atoms with Crippen LogP contribution in [0, 0.1) is 6.92 Å². The third kappa shape index (κ3) is 3.71. The predicted molar refractivity (Wildman–Crippen MR) is 70.7 cm³/mol. The zero-order valence-electron chi connectivity index (χ0n) is 10.4. The first-order valence-corrected chi connectivity index (χ1v) is 6.51. The van der Waals surface area contributed by atoms with Crippen molar-refractivity contribution in [3.63, 3.8) is 0 Å². The average Bonchev–Trinajstić information content (AvgIpc) is 2.27. The van der Waals surface area contributed by atoms with Gasteiger partial charge in [0, 0.05) is 5.88 Å². The monoisotopic (exact) mass is 240 g/mol. The lowest BCUT2D eigenvalue weighted by atomic mass is 9.96. The molecule has 1 rings (SSSR count). The van der Waals surface area contributed by atoms with E-state index >= 15 is 0 Å². The Morgan fingerprint density at radius 2 is 2.12 bits per heavy atom. The summed E-state index contributed by atoms with van der Waals surface area (Å²) in [6.45, 7) is 7.22. The molecule has 0 radical (unpaired) electrons. The van der Waals surface area contributed by atoms with Gasteiger partial charge in [0.2, 0.25) is 0 Å². The zero-order chi connectivity index (χ0) is 12.0. The molecule has 0 N–H and O–H groups in total. The summed E-state index contributed by atoms with van der Waals surface area (Å²) in [5.41, 5.74) is 2.56. The fourth-order valence-corrected chi connectivity index (χ4v) is 2.04. The number of alkyl halides is 1. The van der Waals surface area contributed by atoms with Gasteiger partial charge in [-0.15, -0.1) is 11.6 Å². The summed E-state index contributed by atoms with van der Waals surface area (Å²) in [6.07, 6.45) is 2.03. The van der Waals surface area contributed by atoms with Gasteiger partial charge in [0.15, 0.2) is 0 Å². The highest BCUT2D eigenvalue weighted by atomic mass is 35.5. The molecule has 0 spiro atoms. The molecule has 0 aliphatic carbocycles. The molecule has 1 aromatic carbocycles. The summed E-state index contributed by atoms with van der Waals surface area (Å²) < 4.78 is 5.77. The molecule has 0 aliphatic heterocycles. The number of aryl methyl sites for hydroxylation is 1. The summed E-state index contributed by atoms with van der Waals surface area (Å²) in [4.78, 5) is 0. The highest BCUT2D eigenvalue weighted by Crippen LogP contribution is 2.30. The SMILES string of the molecule is CCCOc1ccc(C)cc1C(C)CCCl. The molecular formula is C14H21ClO. The second-order valence-electron chi connectivity index (χ2n) is 4.27. The Morgan fingerprint density at radius 3 is 2.75 bits per heavy atom. The predicted octanol–water partition coefficient (Wildman–Crippen LogP) is 4.52. The zero-order valence-corrected chi connectivity index (χ0v) is 11.2. The smallest absolute Gasteiger partial charge is 0.122 e. The third-order valence-electron chi connectivity index (χ3n) is 2.70. The van der Waals surface area contributed by atoms with E-state index in [2.05, 4.69) is 39.0 Å². The largest absolute Gasteiger partial charge is 0.493 e. The van der Waals surface area contributed by atoms with Gasteiger partial charge in [-0.2, -0.15) is 0 Å². The van der Waals surface area contributed by atoms with E-state index in [1.807, 2.05) is 0 Å². The van der Waals surface area contributed by atoms with E-state index in [-0.39, 0.29) is 0 Å². The summed E-state index contributed by atoms with van der Waals surface area (Å²) in [6, 6.07) is 6.38. The molecule has 0 heterocycles. The van der Waals surface area contributed by atoms with Gasteiger partial charge in [-0.25, -0.2) is 0 Å². The summed E-state index contributed by atoms with van der Waals surface area (Å²) in [7, 11) is 0. The maximum Gasteiger partial charge on any atom is 0.122 e. The molecule has 1 unspecified atom stereocenters. The Balaban J connectivity index is 2.88. The summed E-state index contributed by atoms with van der Waals surface area (Å²) >= 11 is 5.80. The molecule has 0 saturated carbocycles. The van der Waals surface area contributed by atoms with Crippen LogP contribution >= 0.6 is 11.6 Å². The van der Waals surface area contributed by atoms with Crippen LogP contribution in [0.2, 0.25) is 0 Å². The Hall–Kier alpha value is -0.690. The van der Waals surface area contributed by atoms with Gasteiger partial charge in [0.1, 0.15) is 5.75 Å². The van der Waals surface area contributed by atoms with Crippen molar-refractivity contribution in [3.05, 3.63) is 29.3 Å². The fourth-order valence-electron chi connectivity index (χ4n) is 1.72. The van der Waals surface area contributed by atoms with Gasteiger partial charge < -0.3 is 4.74 Å². The lowest BCUT2D eigenvalue weighted by molar-refractivity contribution is 0.312. The van der Waals surface area contributed by atoms with Gasteiger partial charge in [0.05, 0.1) is 6.61 Å². The lowest BCUT2D eigenvalue weighted by Gasteiger charge is -2.16. The Morgan fingerprint density at radius 1 is 1.38 bits per heavy atom. The normalized spacial score (nSPS) is 12.5. The molecule has 1 nitrogen and oxygen atoms in total. The van der Waals surface area contributed by atoms with Crippen LogP contribution in [0.5, 0.6) is 5.75 Å². The highest BCUT2D eigenvalue weighted by Gasteiger charge is 2.11. The molecule has 0 fully saturated rings. The third-order valence-corrected chi connectivity index (χ3v) is 2.92. The quantitative estimate of drug-likeness (QED) is 0.665. The Labute approximate surface area is 104 Å². The van der Waals surface area contributed by atoms with Crippen molar-refractivity contribution >= 4 is 11.6 Å². The molecular weight excluding hydrogens is 220 g/mol. The number of rotatable bonds is 6. The van der Waals surface area contributed by atoms with Crippen LogP contribution in [-0.2, 0) is 0 Å². The van der Waals surface area contributed by atoms with Gasteiger partial charge in [0.25, 0.3) is 0 Å². The van der Waals surface area contributed by atoms with Crippen molar-refractivity contribution in [2.45, 2.75) is 39.5 Å². The molecule has 16 heavy (non-hydrogen) atoms. The Bertz CT molecular complexity index is 323. The molecule has 0 bridgehead atoms. The van der Waals surface area contributed by atoms with E-state index < -0.39 is 0 Å². The molecule has 0 aromatic heterocycles. The van der Waals surface area contributed by atoms with Gasteiger partial charge in [-0.05, 0) is 37.3 Å². The van der Waals surface area contributed by atoms with Crippen molar-refractivity contribution in [3.8, 4) is 5.75 Å². The molecule has 0 amide bonds. The van der Waals surface area contributed by atoms with Gasteiger partial charge >= 0.3 is 0 Å². The Kier molecular flexibility index (Phi) is 5.68. The molecule has 90 valence electrons. The second-order valence-corrected chi connectivity index (χ2v) is 4.65. The first kappa shape index (κ1) is 13.4. The standard InChI is InChI=1S/C14H21ClO/c1-4-9-16-14-6-5-11(2)10-13(14)12(3)7-8-15/h5-6,10,12H,4,7-9H2,1-3H3. The molecule has 1 aromatic rings. The average molecular weight is 241 g/mol. The first-order valence-electron chi connectivity index (χ1n) is 5.98. The van der Waals surface area contributed by atoms with Crippen LogP contribution in [0.4, 0.5) is 0 Å². The molecule has 0 aliphatic rings. The molecule has 0 saturated heterocycles. The maximum atomic E-state index is 5.80. The van der Waals surface area contributed by atoms with Crippen LogP contribution < -0.4 is 4.74 Å². The topological polar surface area (TPSA) is 9.23 Å². The first-order chi connectivity index (χ1) is 7.69. The van der Waals surface area contributed by atoms with E-state index in [1.54, 1.807) is 0 Å². The number of hydrogen-bond donors (Lipinski definition) is 0. The van der Waals surface area contributed by atoms with E-state index in [0.29, 0.717) is 11.8 Å². The highest BCUT2D eigenvalue weighted by molar-refractivity contribution is 6.17. The minimum absolute atomic E-state index is 0.462. The molecule has 1 atom stereocenters. The van der Waals surface area contributed by atoms with Crippen molar-refractivity contribution in [1.29, 1.82) is 0 Å². The van der Waals surface area contributed by atoms with E-state index in [9.17, 15) is 0 Å². The van der Waals surface area contributed by atoms with Crippen molar-refractivity contribution < 1.29 is 4.74 Å². The van der Waals surface area contributed by atoms with Crippen molar-refractivity contribution in [1.82, 2.24) is 0 Å². The number of halogens is 1. The number of hydrogen-bond acceptors (Lipinski definition) is 1. The second kappa shape index (κ2) is 6.80. The summed E-state index contributed by atoms with van der Waals surface area (Å²) in [5, 5.41) is 0. The van der Waals surface area contributed by atoms with Crippen LogP contribution in [0.25, 0.3) is 0 Å². The summed E-state index contributed by atoms with van der Waals surface area (Å²) in [5.74, 6) is 2.18. The van der Waals surface area contributed by atoms with Gasteiger partial charge in [-0.1, -0.05) is 31.5 Å². The lowest BCUT2D eigenvalue weighted by Crippen LogP contribution is -2.02. The van der Waals surface area contributed by atoms with E-state index in [1.165, 1.54) is 11.1 Å². The van der Waals surface area contributed by atoms with Crippen LogP contribution in [0.3, 0.4) is 0 Å². The van der Waals surface area contributed by atoms with Crippen LogP contribution in [0.1, 0.15) is 43.7 Å². The number of benzene rings is 1. The minimum Gasteiger partial charge on any atom is -0.493 e. The van der Waals surface area contributed by atoms with E-state index in [4.69, 9.17) is 16.3 Å². The maximum absolute atomic E-state index is 5.80. The van der Waals surface area contributed by atoms with Crippen LogP contribution in [0.15, 0.2) is 18.2 Å². The van der Waals surface area contributed by atoms with Crippen LogP contribution in [-0.4, -0.2) is 12.5 Å². The molecule has 2 heteroatoms. The minimum atomic E-state index is 0.462. The fraction of sp³-hybridized carbons (Fsp3) is 0.571. The van der Waals surface area contributed by atoms with Crippen molar-refractivity contribution in [2.75, 3.05) is 12.5 Å². The van der Waals surface area contributed by atoms with E-state index in [0.717, 1.165) is 25.2 Å². The number of ether oxygens (including phenoxy) is 1. The van der Waals surface area contributed by atoms with Gasteiger partial charge in [-0.3, -0.25) is 0 Å². The van der Waals surface area contributed by atoms with Crippen molar-refractivity contribution in [2.24, 2.45) is 0 Å².